The van der Waals surface area contributed by atoms with Crippen LogP contribution in [-0.4, -0.2) is 32.4 Å². The van der Waals surface area contributed by atoms with Gasteiger partial charge in [0.05, 0.1) is 11.7 Å². The van der Waals surface area contributed by atoms with Gasteiger partial charge < -0.3 is 4.90 Å². The van der Waals surface area contributed by atoms with Crippen LogP contribution in [0.3, 0.4) is 0 Å². The maximum Gasteiger partial charge on any atom is 0.263 e. The third-order valence-electron chi connectivity index (χ3n) is 5.70. The first-order chi connectivity index (χ1) is 13.5. The number of carbonyl (C=O) groups excluding carboxylic acids is 1. The Morgan fingerprint density at radius 3 is 2.54 bits per heavy atom. The minimum absolute atomic E-state index is 0.00355. The van der Waals surface area contributed by atoms with E-state index in [1.165, 1.54) is 22.2 Å². The van der Waals surface area contributed by atoms with Crippen LogP contribution in [0.5, 0.6) is 0 Å². The van der Waals surface area contributed by atoms with Crippen LogP contribution in [0.1, 0.15) is 38.0 Å². The molecule has 146 valence electrons. The number of likely N-dealkylation sites (tertiary alicyclic amines) is 1. The monoisotopic (exact) mass is 395 g/mol. The molecule has 0 unspecified atom stereocenters. The van der Waals surface area contributed by atoms with Crippen molar-refractivity contribution in [1.82, 2.24) is 14.5 Å². The lowest BCUT2D eigenvalue weighted by Gasteiger charge is -2.39. The van der Waals surface area contributed by atoms with Crippen LogP contribution < -0.4 is 5.56 Å². The number of fused-ring (bicyclic) bond motifs is 1. The number of nitrogens with zero attached hydrogens (tertiary/aromatic N) is 3. The first-order valence-electron chi connectivity index (χ1n) is 9.82. The second-order valence-electron chi connectivity index (χ2n) is 7.69. The molecule has 4 rings (SSSR count). The van der Waals surface area contributed by atoms with Gasteiger partial charge in [-0.15, -0.1) is 11.3 Å². The number of carbonyl (C=O) groups is 1. The van der Waals surface area contributed by atoms with Crippen LogP contribution in [-0.2, 0) is 11.3 Å². The lowest BCUT2D eigenvalue weighted by molar-refractivity contribution is -0.138. The fraction of sp³-hybridized carbons (Fsp3) is 0.409. The Labute approximate surface area is 168 Å². The van der Waals surface area contributed by atoms with Gasteiger partial charge in [0.15, 0.2) is 0 Å². The number of piperidine rings is 1. The Kier molecular flexibility index (Phi) is 5.06. The summed E-state index contributed by atoms with van der Waals surface area (Å²) in [5.41, 5.74) is 1.80. The summed E-state index contributed by atoms with van der Waals surface area (Å²) in [6.07, 6.45) is 4.70. The zero-order valence-corrected chi connectivity index (χ0v) is 17.3. The lowest BCUT2D eigenvalue weighted by atomic mass is 9.97. The molecule has 0 N–H and O–H groups in total. The van der Waals surface area contributed by atoms with Crippen LogP contribution in [0.15, 0.2) is 41.5 Å². The maximum absolute atomic E-state index is 13.3. The molecule has 5 nitrogen and oxygen atoms in total. The third-order valence-corrected chi connectivity index (χ3v) is 6.72. The van der Waals surface area contributed by atoms with Crippen molar-refractivity contribution in [2.45, 2.75) is 58.7 Å². The van der Waals surface area contributed by atoms with Gasteiger partial charge in [-0.3, -0.25) is 14.2 Å². The van der Waals surface area contributed by atoms with Gasteiger partial charge in [0.1, 0.15) is 11.4 Å². The lowest BCUT2D eigenvalue weighted by Crippen LogP contribution is -2.49. The molecule has 1 saturated heterocycles. The Bertz CT molecular complexity index is 1060. The molecule has 2 aromatic heterocycles. The predicted molar refractivity (Wildman–Crippen MR) is 114 cm³/mol. The van der Waals surface area contributed by atoms with Gasteiger partial charge in [0.2, 0.25) is 5.91 Å². The van der Waals surface area contributed by atoms with Crippen molar-refractivity contribution in [2.75, 3.05) is 0 Å². The van der Waals surface area contributed by atoms with Crippen LogP contribution in [0, 0.1) is 6.92 Å². The Morgan fingerprint density at radius 2 is 1.86 bits per heavy atom. The van der Waals surface area contributed by atoms with E-state index < -0.39 is 0 Å². The van der Waals surface area contributed by atoms with E-state index >= 15 is 0 Å². The Balaban J connectivity index is 1.74. The topological polar surface area (TPSA) is 55.2 Å². The van der Waals surface area contributed by atoms with E-state index in [1.807, 2.05) is 42.2 Å². The summed E-state index contributed by atoms with van der Waals surface area (Å²) < 4.78 is 1.47. The summed E-state index contributed by atoms with van der Waals surface area (Å²) in [5.74, 6) is -0.00355. The quantitative estimate of drug-likeness (QED) is 0.667. The van der Waals surface area contributed by atoms with Crippen molar-refractivity contribution in [3.8, 4) is 11.1 Å². The Morgan fingerprint density at radius 1 is 1.18 bits per heavy atom. The fourth-order valence-electron chi connectivity index (χ4n) is 4.34. The average Bonchev–Trinajstić information content (AvgIpc) is 3.01. The Hall–Kier alpha value is -2.47. The highest BCUT2D eigenvalue weighted by molar-refractivity contribution is 7.19. The van der Waals surface area contributed by atoms with Gasteiger partial charge in [0.25, 0.3) is 5.56 Å². The third kappa shape index (κ3) is 3.26. The molecule has 0 saturated carbocycles. The highest BCUT2D eigenvalue weighted by Gasteiger charge is 2.29. The highest BCUT2D eigenvalue weighted by Crippen LogP contribution is 2.35. The molecule has 0 radical (unpaired) electrons. The van der Waals surface area contributed by atoms with Crippen LogP contribution in [0.2, 0.25) is 0 Å². The van der Waals surface area contributed by atoms with E-state index in [4.69, 9.17) is 0 Å². The molecular weight excluding hydrogens is 370 g/mol. The zero-order valence-electron chi connectivity index (χ0n) is 16.5. The minimum atomic E-state index is -0.140. The molecule has 1 amide bonds. The molecule has 1 aromatic carbocycles. The van der Waals surface area contributed by atoms with E-state index in [-0.39, 0.29) is 30.1 Å². The van der Waals surface area contributed by atoms with Gasteiger partial charge in [-0.2, -0.15) is 0 Å². The largest absolute Gasteiger partial charge is 0.336 e. The SMILES string of the molecule is Cc1sc2ncn(CC(=O)N3[C@H](C)CCC[C@H]3C)c(=O)c2c1-c1ccccc1. The van der Waals surface area contributed by atoms with E-state index in [0.717, 1.165) is 40.1 Å². The van der Waals surface area contributed by atoms with E-state index in [0.29, 0.717) is 5.39 Å². The normalized spacial score (nSPS) is 19.9. The second kappa shape index (κ2) is 7.51. The fourth-order valence-corrected chi connectivity index (χ4v) is 5.35. The van der Waals surface area contributed by atoms with Gasteiger partial charge in [-0.05, 0) is 45.6 Å². The van der Waals surface area contributed by atoms with Gasteiger partial charge in [-0.1, -0.05) is 30.3 Å². The van der Waals surface area contributed by atoms with Crippen LogP contribution >= 0.6 is 11.3 Å². The standard InChI is InChI=1S/C22H25N3O2S/c1-14-8-7-9-15(2)25(14)18(26)12-24-13-23-21-20(22(24)27)19(16(3)28-21)17-10-5-4-6-11-17/h4-6,10-11,13-15H,7-9,12H2,1-3H3/t14-,15-/m1/s1. The van der Waals surface area contributed by atoms with Crippen molar-refractivity contribution in [1.29, 1.82) is 0 Å². The number of hydrogen-bond acceptors (Lipinski definition) is 4. The summed E-state index contributed by atoms with van der Waals surface area (Å²) in [7, 11) is 0. The van der Waals surface area contributed by atoms with Crippen molar-refractivity contribution in [2.24, 2.45) is 0 Å². The van der Waals surface area contributed by atoms with Crippen LogP contribution in [0.4, 0.5) is 0 Å². The van der Waals surface area contributed by atoms with E-state index in [9.17, 15) is 9.59 Å². The first kappa shape index (κ1) is 18.9. The molecule has 1 aliphatic rings. The number of aryl methyl sites for hydroxylation is 1. The van der Waals surface area contributed by atoms with Crippen molar-refractivity contribution in [3.63, 3.8) is 0 Å². The summed E-state index contributed by atoms with van der Waals surface area (Å²) in [4.78, 5) is 34.5. The molecule has 28 heavy (non-hydrogen) atoms. The van der Waals surface area contributed by atoms with Crippen molar-refractivity contribution in [3.05, 3.63) is 51.9 Å². The molecule has 6 heteroatoms. The summed E-state index contributed by atoms with van der Waals surface area (Å²) in [6, 6.07) is 10.3. The molecule has 3 heterocycles. The number of aromatic nitrogens is 2. The number of benzene rings is 1. The summed E-state index contributed by atoms with van der Waals surface area (Å²) in [5, 5.41) is 0.615. The maximum atomic E-state index is 13.3. The van der Waals surface area contributed by atoms with Crippen LogP contribution in [0.25, 0.3) is 21.3 Å². The summed E-state index contributed by atoms with van der Waals surface area (Å²) >= 11 is 1.52. The smallest absolute Gasteiger partial charge is 0.263 e. The highest BCUT2D eigenvalue weighted by atomic mass is 32.1. The number of rotatable bonds is 3. The average molecular weight is 396 g/mol. The minimum Gasteiger partial charge on any atom is -0.336 e. The molecule has 0 spiro atoms. The molecule has 1 fully saturated rings. The number of amides is 1. The second-order valence-corrected chi connectivity index (χ2v) is 8.89. The van der Waals surface area contributed by atoms with Gasteiger partial charge >= 0.3 is 0 Å². The molecule has 3 aromatic rings. The van der Waals surface area contributed by atoms with Crippen molar-refractivity contribution < 1.29 is 4.79 Å². The van der Waals surface area contributed by atoms with Gasteiger partial charge in [-0.25, -0.2) is 4.98 Å². The first-order valence-corrected chi connectivity index (χ1v) is 10.6. The number of hydrogen-bond donors (Lipinski definition) is 0. The zero-order chi connectivity index (χ0) is 19.8. The van der Waals surface area contributed by atoms with Crippen molar-refractivity contribution >= 4 is 27.5 Å². The van der Waals surface area contributed by atoms with E-state index in [2.05, 4.69) is 18.8 Å². The van der Waals surface area contributed by atoms with E-state index in [1.54, 1.807) is 0 Å². The molecule has 1 aliphatic heterocycles. The molecule has 0 aliphatic carbocycles. The molecule has 0 bridgehead atoms. The summed E-state index contributed by atoms with van der Waals surface area (Å²) in [6.45, 7) is 6.24. The molecular formula is C22H25N3O2S. The van der Waals surface area contributed by atoms with Gasteiger partial charge in [0, 0.05) is 22.5 Å². The number of thiophene rings is 1. The molecule has 2 atom stereocenters. The predicted octanol–water partition coefficient (Wildman–Crippen LogP) is 4.22.